The van der Waals surface area contributed by atoms with E-state index < -0.39 is 5.97 Å². The van der Waals surface area contributed by atoms with Crippen LogP contribution in [0.3, 0.4) is 0 Å². The molecule has 1 N–H and O–H groups in total. The Morgan fingerprint density at radius 2 is 2.32 bits per heavy atom. The van der Waals surface area contributed by atoms with Crippen molar-refractivity contribution in [3.63, 3.8) is 0 Å². The fourth-order valence-corrected chi connectivity index (χ4v) is 2.52. The van der Waals surface area contributed by atoms with Crippen molar-refractivity contribution in [1.29, 1.82) is 0 Å². The number of hydrogen-bond acceptors (Lipinski definition) is 3. The van der Waals surface area contributed by atoms with Crippen LogP contribution >= 0.6 is 0 Å². The lowest BCUT2D eigenvalue weighted by Crippen LogP contribution is -2.10. The van der Waals surface area contributed by atoms with Crippen molar-refractivity contribution in [3.05, 3.63) is 23.8 Å². The van der Waals surface area contributed by atoms with Gasteiger partial charge in [0.25, 0.3) is 0 Å². The number of aromatic nitrogens is 3. The number of nitrogens with zero attached hydrogens (tertiary/aromatic N) is 3. The zero-order chi connectivity index (χ0) is 13.4. The van der Waals surface area contributed by atoms with Gasteiger partial charge in [0.15, 0.2) is 0 Å². The van der Waals surface area contributed by atoms with Crippen LogP contribution in [0.2, 0.25) is 0 Å². The number of aromatic carboxylic acids is 1. The smallest absolute Gasteiger partial charge is 0.335 e. The molecule has 0 bridgehead atoms. The highest BCUT2D eigenvalue weighted by Gasteiger charge is 2.26. The number of rotatable bonds is 5. The van der Waals surface area contributed by atoms with Gasteiger partial charge in [0.2, 0.25) is 0 Å². The van der Waals surface area contributed by atoms with E-state index >= 15 is 0 Å². The molecule has 100 valence electrons. The maximum Gasteiger partial charge on any atom is 0.335 e. The molecule has 1 aliphatic carbocycles. The second-order valence-corrected chi connectivity index (χ2v) is 5.28. The minimum atomic E-state index is -0.929. The highest BCUT2D eigenvalue weighted by molar-refractivity contribution is 5.92. The summed E-state index contributed by atoms with van der Waals surface area (Å²) in [6.07, 6.45) is 4.82. The zero-order valence-corrected chi connectivity index (χ0v) is 10.9. The SMILES string of the molecule is CCC(CC1CC1)n1nnc2cc(C(=O)O)ccc21. The predicted molar refractivity (Wildman–Crippen MR) is 71.2 cm³/mol. The van der Waals surface area contributed by atoms with Crippen LogP contribution in [0, 0.1) is 5.92 Å². The van der Waals surface area contributed by atoms with Gasteiger partial charge in [-0.15, -0.1) is 5.10 Å². The Labute approximate surface area is 111 Å². The number of fused-ring (bicyclic) bond motifs is 1. The summed E-state index contributed by atoms with van der Waals surface area (Å²) in [5.74, 6) is -0.0936. The second kappa shape index (κ2) is 4.64. The molecular weight excluding hydrogens is 242 g/mol. The fraction of sp³-hybridized carbons (Fsp3) is 0.500. The quantitative estimate of drug-likeness (QED) is 0.896. The summed E-state index contributed by atoms with van der Waals surface area (Å²) in [6, 6.07) is 5.39. The van der Waals surface area contributed by atoms with Crippen LogP contribution in [0.25, 0.3) is 11.0 Å². The lowest BCUT2D eigenvalue weighted by molar-refractivity contribution is 0.0697. The summed E-state index contributed by atoms with van der Waals surface area (Å²) in [4.78, 5) is 10.9. The first-order valence-corrected chi connectivity index (χ1v) is 6.77. The normalized spacial score (nSPS) is 16.7. The van der Waals surface area contributed by atoms with Gasteiger partial charge in [-0.2, -0.15) is 0 Å². The summed E-state index contributed by atoms with van der Waals surface area (Å²) in [6.45, 7) is 2.16. The zero-order valence-electron chi connectivity index (χ0n) is 10.9. The maximum absolute atomic E-state index is 10.9. The van der Waals surface area contributed by atoms with E-state index in [-0.39, 0.29) is 5.56 Å². The van der Waals surface area contributed by atoms with E-state index in [1.165, 1.54) is 12.8 Å². The maximum atomic E-state index is 10.9. The van der Waals surface area contributed by atoms with Gasteiger partial charge in [-0.1, -0.05) is 25.0 Å². The standard InChI is InChI=1S/C14H17N3O2/c1-2-11(7-9-3-4-9)17-13-6-5-10(14(18)19)8-12(13)15-16-17/h5-6,8-9,11H,2-4,7H2,1H3,(H,18,19). The van der Waals surface area contributed by atoms with Crippen LogP contribution < -0.4 is 0 Å². The Balaban J connectivity index is 1.96. The third kappa shape index (κ3) is 2.32. The number of carboxylic acids is 1. The molecule has 1 aliphatic rings. The predicted octanol–water partition coefficient (Wildman–Crippen LogP) is 2.88. The number of carbonyl (C=O) groups is 1. The molecule has 1 atom stereocenters. The van der Waals surface area contributed by atoms with Crippen molar-refractivity contribution in [2.75, 3.05) is 0 Å². The molecule has 1 aromatic heterocycles. The van der Waals surface area contributed by atoms with Crippen LogP contribution in [-0.4, -0.2) is 26.1 Å². The van der Waals surface area contributed by atoms with Crippen LogP contribution in [0.5, 0.6) is 0 Å². The molecule has 1 aromatic carbocycles. The molecule has 5 nitrogen and oxygen atoms in total. The van der Waals surface area contributed by atoms with Gasteiger partial charge >= 0.3 is 5.97 Å². The summed E-state index contributed by atoms with van der Waals surface area (Å²) in [5.41, 5.74) is 1.85. The van der Waals surface area contributed by atoms with Crippen molar-refractivity contribution >= 4 is 17.0 Å². The van der Waals surface area contributed by atoms with Crippen molar-refractivity contribution in [2.24, 2.45) is 5.92 Å². The molecular formula is C14H17N3O2. The molecule has 0 spiro atoms. The van der Waals surface area contributed by atoms with E-state index in [0.29, 0.717) is 11.6 Å². The Morgan fingerprint density at radius 1 is 1.53 bits per heavy atom. The average molecular weight is 259 g/mol. The van der Waals surface area contributed by atoms with Gasteiger partial charge in [-0.3, -0.25) is 0 Å². The lowest BCUT2D eigenvalue weighted by Gasteiger charge is -2.15. The molecule has 2 aromatic rings. The van der Waals surface area contributed by atoms with Crippen molar-refractivity contribution in [3.8, 4) is 0 Å². The van der Waals surface area contributed by atoms with Gasteiger partial charge in [0, 0.05) is 0 Å². The van der Waals surface area contributed by atoms with Crippen LogP contribution in [-0.2, 0) is 0 Å². The minimum Gasteiger partial charge on any atom is -0.478 e. The molecule has 3 rings (SSSR count). The Hall–Kier alpha value is -1.91. The molecule has 0 saturated heterocycles. The Morgan fingerprint density at radius 3 is 2.95 bits per heavy atom. The summed E-state index contributed by atoms with van der Waals surface area (Å²) >= 11 is 0. The summed E-state index contributed by atoms with van der Waals surface area (Å²) in [7, 11) is 0. The second-order valence-electron chi connectivity index (χ2n) is 5.28. The van der Waals surface area contributed by atoms with E-state index in [1.807, 2.05) is 10.7 Å². The molecule has 5 heteroatoms. The Kier molecular flexibility index (Phi) is 2.97. The van der Waals surface area contributed by atoms with Gasteiger partial charge in [0.1, 0.15) is 5.52 Å². The average Bonchev–Trinajstić information content (AvgIpc) is 3.13. The first kappa shape index (κ1) is 12.1. The van der Waals surface area contributed by atoms with Crippen LogP contribution in [0.1, 0.15) is 49.0 Å². The third-order valence-corrected chi connectivity index (χ3v) is 3.84. The van der Waals surface area contributed by atoms with Crippen LogP contribution in [0.15, 0.2) is 18.2 Å². The topological polar surface area (TPSA) is 68.0 Å². The molecule has 1 heterocycles. The monoisotopic (exact) mass is 259 g/mol. The van der Waals surface area contributed by atoms with E-state index in [9.17, 15) is 4.79 Å². The molecule has 19 heavy (non-hydrogen) atoms. The summed E-state index contributed by atoms with van der Waals surface area (Å²) < 4.78 is 1.96. The number of hydrogen-bond donors (Lipinski definition) is 1. The molecule has 1 fully saturated rings. The molecule has 1 unspecified atom stereocenters. The van der Waals surface area contributed by atoms with Gasteiger partial charge in [-0.25, -0.2) is 9.48 Å². The van der Waals surface area contributed by atoms with Crippen LogP contribution in [0.4, 0.5) is 0 Å². The molecule has 0 amide bonds. The third-order valence-electron chi connectivity index (χ3n) is 3.84. The number of benzene rings is 1. The Bertz CT molecular complexity index is 616. The first-order chi connectivity index (χ1) is 9.19. The fourth-order valence-electron chi connectivity index (χ4n) is 2.52. The first-order valence-electron chi connectivity index (χ1n) is 6.77. The van der Waals surface area contributed by atoms with Crippen molar-refractivity contribution < 1.29 is 9.90 Å². The summed E-state index contributed by atoms with van der Waals surface area (Å²) in [5, 5.41) is 17.3. The lowest BCUT2D eigenvalue weighted by atomic mass is 10.1. The number of carboxylic acid groups (broad SMARTS) is 1. The highest BCUT2D eigenvalue weighted by Crippen LogP contribution is 2.38. The van der Waals surface area contributed by atoms with Gasteiger partial charge in [0.05, 0.1) is 17.1 Å². The van der Waals surface area contributed by atoms with Crippen molar-refractivity contribution in [2.45, 2.75) is 38.6 Å². The highest BCUT2D eigenvalue weighted by atomic mass is 16.4. The van der Waals surface area contributed by atoms with E-state index in [0.717, 1.165) is 24.3 Å². The molecule has 0 radical (unpaired) electrons. The van der Waals surface area contributed by atoms with E-state index in [2.05, 4.69) is 17.2 Å². The van der Waals surface area contributed by atoms with E-state index in [4.69, 9.17) is 5.11 Å². The van der Waals surface area contributed by atoms with E-state index in [1.54, 1.807) is 12.1 Å². The van der Waals surface area contributed by atoms with Crippen molar-refractivity contribution in [1.82, 2.24) is 15.0 Å². The largest absolute Gasteiger partial charge is 0.478 e. The minimum absolute atomic E-state index is 0.259. The molecule has 0 aliphatic heterocycles. The molecule has 1 saturated carbocycles. The van der Waals surface area contributed by atoms with Gasteiger partial charge < -0.3 is 5.11 Å². The van der Waals surface area contributed by atoms with Gasteiger partial charge in [-0.05, 0) is 37.0 Å².